The summed E-state index contributed by atoms with van der Waals surface area (Å²) in [5, 5.41) is 9.10. The molecular formula is C13H13F4NO4S. The van der Waals surface area contributed by atoms with Gasteiger partial charge < -0.3 is 5.11 Å². The molecule has 0 radical (unpaired) electrons. The van der Waals surface area contributed by atoms with E-state index >= 15 is 0 Å². The van der Waals surface area contributed by atoms with Gasteiger partial charge in [0.15, 0.2) is 0 Å². The van der Waals surface area contributed by atoms with E-state index < -0.39 is 44.5 Å². The predicted molar refractivity (Wildman–Crippen MR) is 70.6 cm³/mol. The number of carboxylic acid groups (broad SMARTS) is 1. The number of nitrogens with zero attached hydrogens (tertiary/aromatic N) is 1. The SMILES string of the molecule is O=C(O)C1CCCCN1S(=O)(=O)c1ccc(F)cc1C(F)(F)F. The fourth-order valence-corrected chi connectivity index (χ4v) is 4.36. The van der Waals surface area contributed by atoms with Crippen LogP contribution in [0.4, 0.5) is 17.6 Å². The Morgan fingerprint density at radius 2 is 1.91 bits per heavy atom. The van der Waals surface area contributed by atoms with Crippen LogP contribution < -0.4 is 0 Å². The molecule has 128 valence electrons. The zero-order chi connectivity index (χ0) is 17.4. The lowest BCUT2D eigenvalue weighted by atomic mass is 10.1. The summed E-state index contributed by atoms with van der Waals surface area (Å²) < 4.78 is 77.7. The third-order valence-electron chi connectivity index (χ3n) is 3.57. The summed E-state index contributed by atoms with van der Waals surface area (Å²) >= 11 is 0. The zero-order valence-electron chi connectivity index (χ0n) is 11.7. The molecule has 1 unspecified atom stereocenters. The van der Waals surface area contributed by atoms with Crippen LogP contribution in [0.3, 0.4) is 0 Å². The molecule has 0 aromatic heterocycles. The zero-order valence-corrected chi connectivity index (χ0v) is 12.5. The minimum Gasteiger partial charge on any atom is -0.480 e. The van der Waals surface area contributed by atoms with E-state index in [4.69, 9.17) is 5.11 Å². The number of piperidine rings is 1. The van der Waals surface area contributed by atoms with Gasteiger partial charge in [-0.1, -0.05) is 0 Å². The van der Waals surface area contributed by atoms with Crippen LogP contribution >= 0.6 is 0 Å². The van der Waals surface area contributed by atoms with Gasteiger partial charge in [0, 0.05) is 6.54 Å². The Bertz CT molecular complexity index is 717. The maximum absolute atomic E-state index is 13.1. The maximum Gasteiger partial charge on any atom is 0.417 e. The first-order valence-electron chi connectivity index (χ1n) is 6.66. The summed E-state index contributed by atoms with van der Waals surface area (Å²) in [4.78, 5) is 10.1. The van der Waals surface area contributed by atoms with E-state index in [0.29, 0.717) is 29.3 Å². The number of carbonyl (C=O) groups is 1. The van der Waals surface area contributed by atoms with Crippen molar-refractivity contribution in [2.75, 3.05) is 6.54 Å². The normalized spacial score (nSPS) is 20.4. The Kier molecular flexibility index (Phi) is 4.67. The first kappa shape index (κ1) is 17.7. The average Bonchev–Trinajstić information content (AvgIpc) is 2.46. The number of benzene rings is 1. The summed E-state index contributed by atoms with van der Waals surface area (Å²) in [5.74, 6) is -2.66. The van der Waals surface area contributed by atoms with E-state index in [1.165, 1.54) is 0 Å². The average molecular weight is 355 g/mol. The maximum atomic E-state index is 13.1. The van der Waals surface area contributed by atoms with Gasteiger partial charge in [0.25, 0.3) is 0 Å². The standard InChI is InChI=1S/C13H13F4NO4S/c14-8-4-5-11(9(7-8)13(15,16)17)23(21,22)18-6-2-1-3-10(18)12(19)20/h4-5,7,10H,1-3,6H2,(H,19,20). The van der Waals surface area contributed by atoms with E-state index in [9.17, 15) is 30.8 Å². The Hall–Kier alpha value is -1.68. The van der Waals surface area contributed by atoms with Crippen LogP contribution in [0.15, 0.2) is 23.1 Å². The lowest BCUT2D eigenvalue weighted by Gasteiger charge is -2.32. The van der Waals surface area contributed by atoms with Crippen molar-refractivity contribution in [3.8, 4) is 0 Å². The minimum absolute atomic E-state index is 0.0110. The van der Waals surface area contributed by atoms with E-state index in [0.717, 1.165) is 0 Å². The molecule has 0 amide bonds. The highest BCUT2D eigenvalue weighted by Crippen LogP contribution is 2.37. The van der Waals surface area contributed by atoms with Gasteiger partial charge in [0.05, 0.1) is 10.5 Å². The molecule has 23 heavy (non-hydrogen) atoms. The molecule has 0 spiro atoms. The number of hydrogen-bond acceptors (Lipinski definition) is 3. The molecule has 1 aromatic carbocycles. The molecule has 0 saturated carbocycles. The van der Waals surface area contributed by atoms with Crippen LogP contribution in [-0.2, 0) is 21.0 Å². The molecule has 2 rings (SSSR count). The third kappa shape index (κ3) is 3.47. The highest BCUT2D eigenvalue weighted by atomic mass is 32.2. The molecule has 0 bridgehead atoms. The van der Waals surface area contributed by atoms with Crippen molar-refractivity contribution in [3.05, 3.63) is 29.6 Å². The number of aliphatic carboxylic acids is 1. The summed E-state index contributed by atoms with van der Waals surface area (Å²) in [6, 6.07) is -0.227. The van der Waals surface area contributed by atoms with Crippen LogP contribution in [0.5, 0.6) is 0 Å². The molecule has 1 heterocycles. The molecule has 1 aromatic rings. The van der Waals surface area contributed by atoms with Gasteiger partial charge >= 0.3 is 12.1 Å². The molecular weight excluding hydrogens is 342 g/mol. The monoisotopic (exact) mass is 355 g/mol. The molecule has 1 aliphatic rings. The van der Waals surface area contributed by atoms with E-state index in [2.05, 4.69) is 0 Å². The van der Waals surface area contributed by atoms with E-state index in [1.807, 2.05) is 0 Å². The highest BCUT2D eigenvalue weighted by molar-refractivity contribution is 7.89. The van der Waals surface area contributed by atoms with Crippen LogP contribution in [-0.4, -0.2) is 36.4 Å². The number of sulfonamides is 1. The number of halogens is 4. The van der Waals surface area contributed by atoms with Crippen molar-refractivity contribution in [3.63, 3.8) is 0 Å². The molecule has 1 aliphatic heterocycles. The van der Waals surface area contributed by atoms with Gasteiger partial charge in [-0.15, -0.1) is 0 Å². The molecule has 1 atom stereocenters. The smallest absolute Gasteiger partial charge is 0.417 e. The second kappa shape index (κ2) is 6.08. The fraction of sp³-hybridized carbons (Fsp3) is 0.462. The van der Waals surface area contributed by atoms with Crippen molar-refractivity contribution in [1.29, 1.82) is 0 Å². The summed E-state index contributed by atoms with van der Waals surface area (Å²) in [5.41, 5.74) is -1.65. The van der Waals surface area contributed by atoms with E-state index in [1.54, 1.807) is 0 Å². The lowest BCUT2D eigenvalue weighted by Crippen LogP contribution is -2.48. The topological polar surface area (TPSA) is 74.7 Å². The first-order valence-corrected chi connectivity index (χ1v) is 8.10. The summed E-state index contributed by atoms with van der Waals surface area (Å²) in [6.07, 6.45) is -4.28. The van der Waals surface area contributed by atoms with Crippen molar-refractivity contribution >= 4 is 16.0 Å². The second-order valence-corrected chi connectivity index (χ2v) is 6.96. The summed E-state index contributed by atoms with van der Waals surface area (Å²) in [7, 11) is -4.72. The van der Waals surface area contributed by atoms with Gasteiger partial charge in [-0.3, -0.25) is 4.79 Å². The number of rotatable bonds is 3. The minimum atomic E-state index is -5.08. The van der Waals surface area contributed by atoms with Gasteiger partial charge in [-0.2, -0.15) is 17.5 Å². The Labute approximate surface area is 129 Å². The molecule has 1 fully saturated rings. The first-order chi connectivity index (χ1) is 10.5. The predicted octanol–water partition coefficient (Wildman–Crippen LogP) is 2.47. The molecule has 10 heteroatoms. The Morgan fingerprint density at radius 3 is 2.48 bits per heavy atom. The lowest BCUT2D eigenvalue weighted by molar-refractivity contribution is -0.142. The number of alkyl halides is 3. The van der Waals surface area contributed by atoms with Crippen LogP contribution in [0.2, 0.25) is 0 Å². The number of carboxylic acids is 1. The van der Waals surface area contributed by atoms with Crippen LogP contribution in [0, 0.1) is 5.82 Å². The van der Waals surface area contributed by atoms with Crippen molar-refractivity contribution in [2.45, 2.75) is 36.4 Å². The molecule has 5 nitrogen and oxygen atoms in total. The van der Waals surface area contributed by atoms with Crippen LogP contribution in [0.1, 0.15) is 24.8 Å². The number of hydrogen-bond donors (Lipinski definition) is 1. The van der Waals surface area contributed by atoms with Gasteiger partial charge in [-0.05, 0) is 37.5 Å². The fourth-order valence-electron chi connectivity index (χ4n) is 2.51. The molecule has 1 saturated heterocycles. The van der Waals surface area contributed by atoms with Crippen molar-refractivity contribution in [1.82, 2.24) is 4.31 Å². The Morgan fingerprint density at radius 1 is 1.26 bits per heavy atom. The third-order valence-corrected chi connectivity index (χ3v) is 5.54. The molecule has 1 N–H and O–H groups in total. The Balaban J connectivity index is 2.57. The van der Waals surface area contributed by atoms with E-state index in [-0.39, 0.29) is 19.0 Å². The van der Waals surface area contributed by atoms with Crippen molar-refractivity contribution in [2.24, 2.45) is 0 Å². The second-order valence-electron chi connectivity index (χ2n) is 5.10. The van der Waals surface area contributed by atoms with Gasteiger partial charge in [-0.25, -0.2) is 12.8 Å². The molecule has 0 aliphatic carbocycles. The van der Waals surface area contributed by atoms with Gasteiger partial charge in [0.2, 0.25) is 10.0 Å². The quantitative estimate of drug-likeness (QED) is 0.846. The van der Waals surface area contributed by atoms with Crippen LogP contribution in [0.25, 0.3) is 0 Å². The summed E-state index contributed by atoms with van der Waals surface area (Å²) in [6.45, 7) is -0.200. The van der Waals surface area contributed by atoms with Gasteiger partial charge in [0.1, 0.15) is 11.9 Å². The van der Waals surface area contributed by atoms with Crippen molar-refractivity contribution < 1.29 is 35.9 Å². The highest BCUT2D eigenvalue weighted by Gasteiger charge is 2.43. The largest absolute Gasteiger partial charge is 0.480 e.